The van der Waals surface area contributed by atoms with Gasteiger partial charge in [-0.3, -0.25) is 0 Å². The van der Waals surface area contributed by atoms with Crippen molar-refractivity contribution in [3.63, 3.8) is 0 Å². The molecule has 0 aliphatic carbocycles. The van der Waals surface area contributed by atoms with Gasteiger partial charge in [-0.15, -0.1) is 13.2 Å². The minimum absolute atomic E-state index is 0.0276. The fourth-order valence-electron chi connectivity index (χ4n) is 1.13. The third kappa shape index (κ3) is 4.86. The van der Waals surface area contributed by atoms with Crippen LogP contribution in [0.2, 0.25) is 0 Å². The van der Waals surface area contributed by atoms with Crippen molar-refractivity contribution in [2.75, 3.05) is 6.61 Å². The Bertz CT molecular complexity index is 399. The standard InChI is InChI=1S/C11H10F4O2/c12-10-5-4-9(17-11(13,14)15)7-8(10)3-1-2-6-16/h1,3-5,7,16H,2,6H2. The van der Waals surface area contributed by atoms with E-state index < -0.39 is 17.9 Å². The van der Waals surface area contributed by atoms with Crippen LogP contribution in [0.5, 0.6) is 5.75 Å². The average Bonchev–Trinajstić information content (AvgIpc) is 2.21. The molecule has 0 heterocycles. The van der Waals surface area contributed by atoms with Gasteiger partial charge in [-0.2, -0.15) is 0 Å². The van der Waals surface area contributed by atoms with Crippen LogP contribution in [-0.4, -0.2) is 18.1 Å². The smallest absolute Gasteiger partial charge is 0.406 e. The Kier molecular flexibility index (Phi) is 4.51. The van der Waals surface area contributed by atoms with E-state index in [2.05, 4.69) is 4.74 Å². The first-order chi connectivity index (χ1) is 7.92. The number of aliphatic hydroxyl groups is 1. The maximum Gasteiger partial charge on any atom is 0.573 e. The zero-order valence-electron chi connectivity index (χ0n) is 8.67. The zero-order valence-corrected chi connectivity index (χ0v) is 8.67. The summed E-state index contributed by atoms with van der Waals surface area (Å²) in [6.45, 7) is -0.114. The summed E-state index contributed by atoms with van der Waals surface area (Å²) in [5, 5.41) is 8.50. The van der Waals surface area contributed by atoms with Gasteiger partial charge in [0.2, 0.25) is 0 Å². The molecule has 1 rings (SSSR count). The molecule has 0 aliphatic rings. The molecule has 0 spiro atoms. The largest absolute Gasteiger partial charge is 0.573 e. The third-order valence-corrected chi connectivity index (χ3v) is 1.79. The van der Waals surface area contributed by atoms with Crippen LogP contribution in [0.15, 0.2) is 24.3 Å². The summed E-state index contributed by atoms with van der Waals surface area (Å²) in [6.07, 6.45) is -1.77. The average molecular weight is 250 g/mol. The molecule has 94 valence electrons. The molecule has 2 nitrogen and oxygen atoms in total. The fraction of sp³-hybridized carbons (Fsp3) is 0.273. The number of hydrogen-bond acceptors (Lipinski definition) is 2. The molecule has 1 N–H and O–H groups in total. The Labute approximate surface area is 95.1 Å². The van der Waals surface area contributed by atoms with Gasteiger partial charge in [-0.25, -0.2) is 4.39 Å². The van der Waals surface area contributed by atoms with E-state index in [0.29, 0.717) is 6.42 Å². The van der Waals surface area contributed by atoms with Gasteiger partial charge in [0.1, 0.15) is 11.6 Å². The Balaban J connectivity index is 2.86. The summed E-state index contributed by atoms with van der Waals surface area (Å²) in [5.74, 6) is -1.14. The fourth-order valence-corrected chi connectivity index (χ4v) is 1.13. The molecule has 0 fully saturated rings. The lowest BCUT2D eigenvalue weighted by molar-refractivity contribution is -0.274. The first-order valence-corrected chi connectivity index (χ1v) is 4.75. The monoisotopic (exact) mass is 250 g/mol. The van der Waals surface area contributed by atoms with Crippen molar-refractivity contribution in [1.82, 2.24) is 0 Å². The highest BCUT2D eigenvalue weighted by Gasteiger charge is 2.31. The van der Waals surface area contributed by atoms with Gasteiger partial charge in [0.25, 0.3) is 0 Å². The summed E-state index contributed by atoms with van der Waals surface area (Å²) < 4.78 is 52.6. The van der Waals surface area contributed by atoms with Gasteiger partial charge in [0, 0.05) is 12.2 Å². The van der Waals surface area contributed by atoms with Gasteiger partial charge in [0.05, 0.1) is 0 Å². The van der Waals surface area contributed by atoms with E-state index in [1.54, 1.807) is 0 Å². The maximum absolute atomic E-state index is 13.2. The van der Waals surface area contributed by atoms with Crippen LogP contribution in [0.3, 0.4) is 0 Å². The van der Waals surface area contributed by atoms with E-state index in [4.69, 9.17) is 5.11 Å². The molecule has 0 aromatic heterocycles. The van der Waals surface area contributed by atoms with Crippen molar-refractivity contribution in [2.24, 2.45) is 0 Å². The van der Waals surface area contributed by atoms with Crippen LogP contribution >= 0.6 is 0 Å². The lowest BCUT2D eigenvalue weighted by Crippen LogP contribution is -2.17. The van der Waals surface area contributed by atoms with Crippen LogP contribution < -0.4 is 4.74 Å². The van der Waals surface area contributed by atoms with Crippen LogP contribution in [-0.2, 0) is 0 Å². The van der Waals surface area contributed by atoms with Crippen molar-refractivity contribution in [1.29, 1.82) is 0 Å². The molecular weight excluding hydrogens is 240 g/mol. The quantitative estimate of drug-likeness (QED) is 0.832. The van der Waals surface area contributed by atoms with E-state index in [1.165, 1.54) is 12.2 Å². The van der Waals surface area contributed by atoms with Crippen molar-refractivity contribution in [3.05, 3.63) is 35.7 Å². The normalized spacial score (nSPS) is 12.1. The summed E-state index contributed by atoms with van der Waals surface area (Å²) in [4.78, 5) is 0. The number of aliphatic hydroxyl groups excluding tert-OH is 1. The van der Waals surface area contributed by atoms with Gasteiger partial charge in [0.15, 0.2) is 0 Å². The number of ether oxygens (including phenoxy) is 1. The van der Waals surface area contributed by atoms with Crippen LogP contribution in [0.4, 0.5) is 17.6 Å². The second-order valence-corrected chi connectivity index (χ2v) is 3.15. The van der Waals surface area contributed by atoms with Crippen LogP contribution in [0.1, 0.15) is 12.0 Å². The third-order valence-electron chi connectivity index (χ3n) is 1.79. The van der Waals surface area contributed by atoms with E-state index in [-0.39, 0.29) is 12.2 Å². The highest BCUT2D eigenvalue weighted by Crippen LogP contribution is 2.25. The molecule has 0 bridgehead atoms. The highest BCUT2D eigenvalue weighted by molar-refractivity contribution is 5.52. The number of benzene rings is 1. The number of halogens is 4. The van der Waals surface area contributed by atoms with E-state index in [9.17, 15) is 17.6 Å². The Morgan fingerprint density at radius 1 is 1.29 bits per heavy atom. The first kappa shape index (κ1) is 13.5. The van der Waals surface area contributed by atoms with E-state index >= 15 is 0 Å². The minimum atomic E-state index is -4.80. The SMILES string of the molecule is OCCC=Cc1cc(OC(F)(F)F)ccc1F. The molecule has 0 amide bonds. The van der Waals surface area contributed by atoms with Crippen molar-refractivity contribution < 1.29 is 27.4 Å². The molecule has 17 heavy (non-hydrogen) atoms. The maximum atomic E-state index is 13.2. The predicted octanol–water partition coefficient (Wildman–Crippen LogP) is 3.12. The van der Waals surface area contributed by atoms with Crippen molar-refractivity contribution in [3.8, 4) is 5.75 Å². The number of alkyl halides is 3. The van der Waals surface area contributed by atoms with E-state index in [0.717, 1.165) is 18.2 Å². The zero-order chi connectivity index (χ0) is 12.9. The van der Waals surface area contributed by atoms with Gasteiger partial charge in [-0.1, -0.05) is 12.2 Å². The molecular formula is C11H10F4O2. The predicted molar refractivity (Wildman–Crippen MR) is 53.8 cm³/mol. The summed E-state index contributed by atoms with van der Waals surface area (Å²) in [7, 11) is 0. The number of hydrogen-bond donors (Lipinski definition) is 1. The summed E-state index contributed by atoms with van der Waals surface area (Å²) in [5.41, 5.74) is -0.0276. The molecule has 6 heteroatoms. The molecule has 0 aliphatic heterocycles. The Morgan fingerprint density at radius 3 is 2.59 bits per heavy atom. The highest BCUT2D eigenvalue weighted by atomic mass is 19.4. The van der Waals surface area contributed by atoms with Crippen LogP contribution in [0, 0.1) is 5.82 Å². The van der Waals surface area contributed by atoms with E-state index in [1.807, 2.05) is 0 Å². The molecule has 0 radical (unpaired) electrons. The lowest BCUT2D eigenvalue weighted by Gasteiger charge is -2.09. The molecule has 0 unspecified atom stereocenters. The van der Waals surface area contributed by atoms with Crippen molar-refractivity contribution in [2.45, 2.75) is 12.8 Å². The van der Waals surface area contributed by atoms with Gasteiger partial charge < -0.3 is 9.84 Å². The Hall–Kier alpha value is -1.56. The van der Waals surface area contributed by atoms with Gasteiger partial charge >= 0.3 is 6.36 Å². The van der Waals surface area contributed by atoms with Crippen LogP contribution in [0.25, 0.3) is 6.08 Å². The molecule has 1 aromatic rings. The topological polar surface area (TPSA) is 29.5 Å². The first-order valence-electron chi connectivity index (χ1n) is 4.75. The number of rotatable bonds is 4. The van der Waals surface area contributed by atoms with Gasteiger partial charge in [-0.05, 0) is 24.6 Å². The molecule has 0 saturated carbocycles. The molecule has 0 atom stereocenters. The Morgan fingerprint density at radius 2 is 2.00 bits per heavy atom. The second kappa shape index (κ2) is 5.67. The second-order valence-electron chi connectivity index (χ2n) is 3.15. The van der Waals surface area contributed by atoms with Crippen molar-refractivity contribution >= 4 is 6.08 Å². The lowest BCUT2D eigenvalue weighted by atomic mass is 10.2. The molecule has 1 aromatic carbocycles. The minimum Gasteiger partial charge on any atom is -0.406 e. The molecule has 0 saturated heterocycles. The summed E-state index contributed by atoms with van der Waals surface area (Å²) >= 11 is 0. The summed E-state index contributed by atoms with van der Waals surface area (Å²) in [6, 6.07) is 2.72.